The molecule has 2 rings (SSSR count). The Labute approximate surface area is 114 Å². The van der Waals surface area contributed by atoms with Gasteiger partial charge < -0.3 is 10.6 Å². The number of aryl methyl sites for hydroxylation is 1. The monoisotopic (exact) mass is 267 g/mol. The smallest absolute Gasteiger partial charge is 0.0897 e. The van der Waals surface area contributed by atoms with Crippen LogP contribution in [0.2, 0.25) is 0 Å². The quantitative estimate of drug-likeness (QED) is 0.745. The minimum atomic E-state index is 0.918. The molecule has 18 heavy (non-hydrogen) atoms. The van der Waals surface area contributed by atoms with Crippen molar-refractivity contribution < 1.29 is 0 Å². The van der Waals surface area contributed by atoms with Crippen molar-refractivity contribution in [3.05, 3.63) is 16.1 Å². The summed E-state index contributed by atoms with van der Waals surface area (Å²) >= 11 is 1.75. The molecule has 1 aliphatic rings. The van der Waals surface area contributed by atoms with E-state index in [1.54, 1.807) is 11.3 Å². The van der Waals surface area contributed by atoms with Gasteiger partial charge in [0.05, 0.1) is 10.7 Å². The first-order valence-corrected chi connectivity index (χ1v) is 8.05. The van der Waals surface area contributed by atoms with Gasteiger partial charge in [-0.15, -0.1) is 11.3 Å². The zero-order valence-electron chi connectivity index (χ0n) is 11.4. The zero-order chi connectivity index (χ0) is 12.6. The SMILES string of the molecule is Cc1nc(CCNCCCC2CCCNC2)cs1. The third kappa shape index (κ3) is 5.04. The van der Waals surface area contributed by atoms with Crippen LogP contribution in [-0.2, 0) is 6.42 Å². The first-order valence-electron chi connectivity index (χ1n) is 7.17. The first kappa shape index (κ1) is 14.0. The predicted octanol–water partition coefficient (Wildman–Crippen LogP) is 2.36. The minimum Gasteiger partial charge on any atom is -0.316 e. The van der Waals surface area contributed by atoms with Gasteiger partial charge in [-0.1, -0.05) is 0 Å². The number of hydrogen-bond acceptors (Lipinski definition) is 4. The van der Waals surface area contributed by atoms with Gasteiger partial charge in [0, 0.05) is 18.3 Å². The maximum Gasteiger partial charge on any atom is 0.0897 e. The van der Waals surface area contributed by atoms with E-state index in [0.29, 0.717) is 0 Å². The number of nitrogens with zero attached hydrogens (tertiary/aromatic N) is 1. The van der Waals surface area contributed by atoms with E-state index in [-0.39, 0.29) is 0 Å². The van der Waals surface area contributed by atoms with Crippen LogP contribution in [0.3, 0.4) is 0 Å². The fourth-order valence-electron chi connectivity index (χ4n) is 2.55. The van der Waals surface area contributed by atoms with Gasteiger partial charge in [-0.3, -0.25) is 0 Å². The lowest BCUT2D eigenvalue weighted by atomic mass is 9.95. The fraction of sp³-hybridized carbons (Fsp3) is 0.786. The molecular weight excluding hydrogens is 242 g/mol. The molecule has 0 bridgehead atoms. The Kier molecular flexibility index (Phi) is 6.11. The summed E-state index contributed by atoms with van der Waals surface area (Å²) in [6, 6.07) is 0. The van der Waals surface area contributed by atoms with Gasteiger partial charge in [-0.05, 0) is 58.2 Å². The van der Waals surface area contributed by atoms with E-state index in [1.165, 1.54) is 49.5 Å². The van der Waals surface area contributed by atoms with E-state index >= 15 is 0 Å². The van der Waals surface area contributed by atoms with Crippen molar-refractivity contribution in [3.8, 4) is 0 Å². The van der Waals surface area contributed by atoms with Gasteiger partial charge in [0.2, 0.25) is 0 Å². The van der Waals surface area contributed by atoms with Gasteiger partial charge in [-0.25, -0.2) is 4.98 Å². The number of piperidine rings is 1. The average molecular weight is 267 g/mol. The molecule has 4 heteroatoms. The normalized spacial score (nSPS) is 20.2. The highest BCUT2D eigenvalue weighted by atomic mass is 32.1. The van der Waals surface area contributed by atoms with Crippen LogP contribution in [0.5, 0.6) is 0 Å². The van der Waals surface area contributed by atoms with Crippen LogP contribution in [0.15, 0.2) is 5.38 Å². The largest absolute Gasteiger partial charge is 0.316 e. The van der Waals surface area contributed by atoms with Crippen LogP contribution in [0.4, 0.5) is 0 Å². The molecule has 0 aromatic carbocycles. The molecule has 2 heterocycles. The molecule has 0 aliphatic carbocycles. The van der Waals surface area contributed by atoms with Crippen LogP contribution < -0.4 is 10.6 Å². The van der Waals surface area contributed by atoms with Crippen molar-refractivity contribution in [1.29, 1.82) is 0 Å². The van der Waals surface area contributed by atoms with Crippen molar-refractivity contribution in [1.82, 2.24) is 15.6 Å². The van der Waals surface area contributed by atoms with E-state index in [2.05, 4.69) is 27.9 Å². The summed E-state index contributed by atoms with van der Waals surface area (Å²) < 4.78 is 0. The van der Waals surface area contributed by atoms with Crippen molar-refractivity contribution in [2.45, 2.75) is 39.0 Å². The molecule has 1 atom stereocenters. The molecule has 2 N–H and O–H groups in total. The Morgan fingerprint density at radius 2 is 2.44 bits per heavy atom. The molecule has 0 amide bonds. The van der Waals surface area contributed by atoms with Crippen LogP contribution in [0.25, 0.3) is 0 Å². The molecule has 0 spiro atoms. The number of rotatable bonds is 7. The average Bonchev–Trinajstić information content (AvgIpc) is 2.81. The first-order chi connectivity index (χ1) is 8.84. The topological polar surface area (TPSA) is 37.0 Å². The van der Waals surface area contributed by atoms with Gasteiger partial charge in [-0.2, -0.15) is 0 Å². The molecule has 0 radical (unpaired) electrons. The van der Waals surface area contributed by atoms with E-state index in [9.17, 15) is 0 Å². The molecule has 1 saturated heterocycles. The Morgan fingerprint density at radius 1 is 1.50 bits per heavy atom. The number of aromatic nitrogens is 1. The molecule has 102 valence electrons. The molecular formula is C14H25N3S. The summed E-state index contributed by atoms with van der Waals surface area (Å²) in [6.07, 6.45) is 6.53. The third-order valence-electron chi connectivity index (χ3n) is 3.59. The summed E-state index contributed by atoms with van der Waals surface area (Å²) in [4.78, 5) is 4.47. The van der Waals surface area contributed by atoms with Gasteiger partial charge in [0.25, 0.3) is 0 Å². The van der Waals surface area contributed by atoms with Crippen LogP contribution >= 0.6 is 11.3 Å². The van der Waals surface area contributed by atoms with Crippen LogP contribution in [0.1, 0.15) is 36.4 Å². The Balaban J connectivity index is 1.46. The second-order valence-corrected chi connectivity index (χ2v) is 6.27. The lowest BCUT2D eigenvalue weighted by Gasteiger charge is -2.22. The van der Waals surface area contributed by atoms with Crippen molar-refractivity contribution in [2.24, 2.45) is 5.92 Å². The Bertz CT molecular complexity index is 332. The number of hydrogen-bond donors (Lipinski definition) is 2. The summed E-state index contributed by atoms with van der Waals surface area (Å²) in [5, 5.41) is 10.4. The highest BCUT2D eigenvalue weighted by Crippen LogP contribution is 2.15. The standard InChI is InChI=1S/C14H25N3S/c1-12-17-14(11-18-12)6-9-15-7-2-4-13-5-3-8-16-10-13/h11,13,15-16H,2-10H2,1H3. The van der Waals surface area contributed by atoms with Crippen molar-refractivity contribution >= 4 is 11.3 Å². The summed E-state index contributed by atoms with van der Waals surface area (Å²) in [7, 11) is 0. The van der Waals surface area contributed by atoms with Crippen molar-refractivity contribution in [3.63, 3.8) is 0 Å². The summed E-state index contributed by atoms with van der Waals surface area (Å²) in [5.41, 5.74) is 1.24. The summed E-state index contributed by atoms with van der Waals surface area (Å²) in [6.45, 7) is 6.74. The third-order valence-corrected chi connectivity index (χ3v) is 4.41. The van der Waals surface area contributed by atoms with E-state index in [1.807, 2.05) is 0 Å². The van der Waals surface area contributed by atoms with E-state index < -0.39 is 0 Å². The molecule has 3 nitrogen and oxygen atoms in total. The second kappa shape index (κ2) is 7.87. The Morgan fingerprint density at radius 3 is 3.17 bits per heavy atom. The van der Waals surface area contributed by atoms with E-state index in [4.69, 9.17) is 0 Å². The van der Waals surface area contributed by atoms with E-state index in [0.717, 1.165) is 25.4 Å². The Hall–Kier alpha value is -0.450. The maximum absolute atomic E-state index is 4.47. The highest BCUT2D eigenvalue weighted by molar-refractivity contribution is 7.09. The molecule has 0 saturated carbocycles. The lowest BCUT2D eigenvalue weighted by Crippen LogP contribution is -2.30. The molecule has 1 aliphatic heterocycles. The second-order valence-electron chi connectivity index (χ2n) is 5.21. The van der Waals surface area contributed by atoms with Crippen LogP contribution in [0, 0.1) is 12.8 Å². The van der Waals surface area contributed by atoms with Crippen molar-refractivity contribution in [2.75, 3.05) is 26.2 Å². The lowest BCUT2D eigenvalue weighted by molar-refractivity contribution is 0.348. The molecule has 1 aromatic rings. The van der Waals surface area contributed by atoms with Gasteiger partial charge >= 0.3 is 0 Å². The predicted molar refractivity (Wildman–Crippen MR) is 78.3 cm³/mol. The van der Waals surface area contributed by atoms with Gasteiger partial charge in [0.15, 0.2) is 0 Å². The number of thiazole rings is 1. The zero-order valence-corrected chi connectivity index (χ0v) is 12.2. The van der Waals surface area contributed by atoms with Gasteiger partial charge in [0.1, 0.15) is 0 Å². The molecule has 1 fully saturated rings. The fourth-order valence-corrected chi connectivity index (χ4v) is 3.20. The summed E-state index contributed by atoms with van der Waals surface area (Å²) in [5.74, 6) is 0.918. The number of nitrogens with one attached hydrogen (secondary N) is 2. The van der Waals surface area contributed by atoms with Crippen LogP contribution in [-0.4, -0.2) is 31.2 Å². The minimum absolute atomic E-state index is 0.918. The maximum atomic E-state index is 4.47. The highest BCUT2D eigenvalue weighted by Gasteiger charge is 2.11. The molecule has 1 unspecified atom stereocenters. The molecule has 1 aromatic heterocycles.